The molecule has 0 saturated heterocycles. The Bertz CT molecular complexity index is 361. The van der Waals surface area contributed by atoms with Gasteiger partial charge in [-0.25, -0.2) is 0 Å². The number of unbranched alkanes of at least 4 members (excludes halogenated alkanes) is 2. The Balaban J connectivity index is 2.25. The SMILES string of the molecule is CCC(NC(=O)C1CCCC1)C(=O)CCCCCC(=O)O. The number of carboxylic acid groups (broad SMARTS) is 1. The van der Waals surface area contributed by atoms with Gasteiger partial charge < -0.3 is 10.4 Å². The smallest absolute Gasteiger partial charge is 0.303 e. The molecule has 1 rings (SSSR count). The predicted octanol–water partition coefficient (Wildman–Crippen LogP) is 2.68. The van der Waals surface area contributed by atoms with Crippen molar-refractivity contribution in [3.05, 3.63) is 0 Å². The highest BCUT2D eigenvalue weighted by molar-refractivity contribution is 5.89. The van der Waals surface area contributed by atoms with E-state index in [0.29, 0.717) is 25.7 Å². The third-order valence-electron chi connectivity index (χ3n) is 4.15. The van der Waals surface area contributed by atoms with Gasteiger partial charge in [-0.15, -0.1) is 0 Å². The number of carboxylic acids is 1. The van der Waals surface area contributed by atoms with Crippen LogP contribution in [0.15, 0.2) is 0 Å². The van der Waals surface area contributed by atoms with Gasteiger partial charge in [0.2, 0.25) is 5.91 Å². The first-order chi connectivity index (χ1) is 10.0. The summed E-state index contributed by atoms with van der Waals surface area (Å²) in [5, 5.41) is 11.4. The van der Waals surface area contributed by atoms with Crippen LogP contribution >= 0.6 is 0 Å². The zero-order chi connectivity index (χ0) is 15.7. The van der Waals surface area contributed by atoms with E-state index in [-0.39, 0.29) is 30.1 Å². The van der Waals surface area contributed by atoms with Crippen LogP contribution in [-0.2, 0) is 14.4 Å². The normalized spacial score (nSPS) is 16.6. The van der Waals surface area contributed by atoms with Crippen LogP contribution in [0.4, 0.5) is 0 Å². The fourth-order valence-corrected chi connectivity index (χ4v) is 2.81. The first-order valence-electron chi connectivity index (χ1n) is 8.09. The molecule has 0 spiro atoms. The van der Waals surface area contributed by atoms with E-state index in [0.717, 1.165) is 32.1 Å². The fourth-order valence-electron chi connectivity index (χ4n) is 2.81. The molecule has 1 unspecified atom stereocenters. The lowest BCUT2D eigenvalue weighted by atomic mass is 10.0. The number of amides is 1. The summed E-state index contributed by atoms with van der Waals surface area (Å²) in [6, 6.07) is -0.377. The molecule has 1 amide bonds. The van der Waals surface area contributed by atoms with Crippen LogP contribution in [0, 0.1) is 5.92 Å². The van der Waals surface area contributed by atoms with Crippen molar-refractivity contribution in [3.63, 3.8) is 0 Å². The quantitative estimate of drug-likeness (QED) is 0.607. The maximum atomic E-state index is 12.1. The highest BCUT2D eigenvalue weighted by atomic mass is 16.4. The topological polar surface area (TPSA) is 83.5 Å². The Morgan fingerprint density at radius 1 is 1.10 bits per heavy atom. The Morgan fingerprint density at radius 2 is 1.71 bits per heavy atom. The lowest BCUT2D eigenvalue weighted by Crippen LogP contribution is -2.42. The molecule has 21 heavy (non-hydrogen) atoms. The molecule has 5 nitrogen and oxygen atoms in total. The summed E-state index contributed by atoms with van der Waals surface area (Å²) in [7, 11) is 0. The van der Waals surface area contributed by atoms with Crippen LogP contribution in [0.1, 0.15) is 71.1 Å². The summed E-state index contributed by atoms with van der Waals surface area (Å²) in [5.74, 6) is -0.614. The minimum absolute atomic E-state index is 0.0265. The molecule has 1 saturated carbocycles. The summed E-state index contributed by atoms with van der Waals surface area (Å²) in [4.78, 5) is 34.5. The average molecular weight is 297 g/mol. The molecule has 2 N–H and O–H groups in total. The van der Waals surface area contributed by atoms with Gasteiger partial charge in [-0.3, -0.25) is 14.4 Å². The second-order valence-electron chi connectivity index (χ2n) is 5.87. The van der Waals surface area contributed by atoms with Gasteiger partial charge in [-0.05, 0) is 32.1 Å². The largest absolute Gasteiger partial charge is 0.481 e. The van der Waals surface area contributed by atoms with Crippen molar-refractivity contribution in [1.82, 2.24) is 5.32 Å². The van der Waals surface area contributed by atoms with Crippen molar-refractivity contribution in [2.45, 2.75) is 77.2 Å². The molecule has 0 aliphatic heterocycles. The predicted molar refractivity (Wildman–Crippen MR) is 79.9 cm³/mol. The first kappa shape index (κ1) is 17.7. The molecule has 0 heterocycles. The van der Waals surface area contributed by atoms with E-state index >= 15 is 0 Å². The number of aliphatic carboxylic acids is 1. The zero-order valence-corrected chi connectivity index (χ0v) is 12.9. The van der Waals surface area contributed by atoms with Gasteiger partial charge in [0.15, 0.2) is 5.78 Å². The fraction of sp³-hybridized carbons (Fsp3) is 0.812. The van der Waals surface area contributed by atoms with E-state index in [1.54, 1.807) is 0 Å². The molecular formula is C16H27NO4. The monoisotopic (exact) mass is 297 g/mol. The Morgan fingerprint density at radius 3 is 2.29 bits per heavy atom. The lowest BCUT2D eigenvalue weighted by Gasteiger charge is -2.18. The third-order valence-corrected chi connectivity index (χ3v) is 4.15. The molecule has 5 heteroatoms. The lowest BCUT2D eigenvalue weighted by molar-refractivity contribution is -0.137. The molecular weight excluding hydrogens is 270 g/mol. The maximum Gasteiger partial charge on any atom is 0.303 e. The van der Waals surface area contributed by atoms with E-state index in [9.17, 15) is 14.4 Å². The van der Waals surface area contributed by atoms with Gasteiger partial charge in [0.25, 0.3) is 0 Å². The van der Waals surface area contributed by atoms with Gasteiger partial charge in [-0.2, -0.15) is 0 Å². The molecule has 1 aliphatic carbocycles. The van der Waals surface area contributed by atoms with Crippen LogP contribution in [-0.4, -0.2) is 28.8 Å². The molecule has 0 bridgehead atoms. The average Bonchev–Trinajstić information content (AvgIpc) is 2.97. The van der Waals surface area contributed by atoms with Crippen LogP contribution in [0.3, 0.4) is 0 Å². The minimum Gasteiger partial charge on any atom is -0.481 e. The molecule has 1 atom stereocenters. The number of hydrogen-bond donors (Lipinski definition) is 2. The number of carbonyl (C=O) groups is 3. The molecule has 0 radical (unpaired) electrons. The maximum absolute atomic E-state index is 12.1. The number of ketones is 1. The van der Waals surface area contributed by atoms with E-state index < -0.39 is 5.97 Å². The number of hydrogen-bond acceptors (Lipinski definition) is 3. The van der Waals surface area contributed by atoms with Crippen molar-refractivity contribution in [3.8, 4) is 0 Å². The van der Waals surface area contributed by atoms with Crippen molar-refractivity contribution < 1.29 is 19.5 Å². The van der Waals surface area contributed by atoms with E-state index in [1.165, 1.54) is 0 Å². The molecule has 120 valence electrons. The number of Topliss-reactive ketones (excluding diaryl/α,β-unsaturated/α-hetero) is 1. The molecule has 0 aromatic heterocycles. The highest BCUT2D eigenvalue weighted by Gasteiger charge is 2.26. The van der Waals surface area contributed by atoms with Crippen molar-refractivity contribution in [2.75, 3.05) is 0 Å². The summed E-state index contributed by atoms with van der Waals surface area (Å²) in [6.07, 6.45) is 7.32. The standard InChI is InChI=1S/C16H27NO4/c1-2-13(17-16(21)12-8-6-7-9-12)14(18)10-4-3-5-11-15(19)20/h12-13H,2-11H2,1H3,(H,17,21)(H,19,20). The number of nitrogens with one attached hydrogen (secondary N) is 1. The van der Waals surface area contributed by atoms with Crippen LogP contribution in [0.2, 0.25) is 0 Å². The Kier molecular flexibility index (Phi) is 8.01. The molecule has 1 fully saturated rings. The summed E-state index contributed by atoms with van der Waals surface area (Å²) in [6.45, 7) is 1.90. The van der Waals surface area contributed by atoms with Gasteiger partial charge in [0.05, 0.1) is 6.04 Å². The van der Waals surface area contributed by atoms with E-state index in [1.807, 2.05) is 6.92 Å². The van der Waals surface area contributed by atoms with Crippen molar-refractivity contribution in [1.29, 1.82) is 0 Å². The minimum atomic E-state index is -0.795. The molecule has 0 aromatic carbocycles. The van der Waals surface area contributed by atoms with Gasteiger partial charge >= 0.3 is 5.97 Å². The van der Waals surface area contributed by atoms with Crippen LogP contribution in [0.5, 0.6) is 0 Å². The van der Waals surface area contributed by atoms with Crippen LogP contribution in [0.25, 0.3) is 0 Å². The zero-order valence-electron chi connectivity index (χ0n) is 12.9. The second kappa shape index (κ2) is 9.53. The molecule has 1 aliphatic rings. The number of rotatable bonds is 10. The summed E-state index contributed by atoms with van der Waals surface area (Å²) < 4.78 is 0. The first-order valence-corrected chi connectivity index (χ1v) is 8.09. The summed E-state index contributed by atoms with van der Waals surface area (Å²) >= 11 is 0. The van der Waals surface area contributed by atoms with Crippen molar-refractivity contribution in [2.24, 2.45) is 5.92 Å². The van der Waals surface area contributed by atoms with Gasteiger partial charge in [-0.1, -0.05) is 26.2 Å². The summed E-state index contributed by atoms with van der Waals surface area (Å²) in [5.41, 5.74) is 0. The Labute approximate surface area is 126 Å². The van der Waals surface area contributed by atoms with Gasteiger partial charge in [0.1, 0.15) is 0 Å². The van der Waals surface area contributed by atoms with E-state index in [2.05, 4.69) is 5.32 Å². The number of carbonyl (C=O) groups excluding carboxylic acids is 2. The Hall–Kier alpha value is -1.39. The highest BCUT2D eigenvalue weighted by Crippen LogP contribution is 2.24. The van der Waals surface area contributed by atoms with Crippen LogP contribution < -0.4 is 5.32 Å². The molecule has 0 aromatic rings. The third kappa shape index (κ3) is 6.74. The van der Waals surface area contributed by atoms with Gasteiger partial charge in [0, 0.05) is 18.8 Å². The second-order valence-corrected chi connectivity index (χ2v) is 5.87. The van der Waals surface area contributed by atoms with Crippen molar-refractivity contribution >= 4 is 17.7 Å². The van der Waals surface area contributed by atoms with E-state index in [4.69, 9.17) is 5.11 Å².